The average Bonchev–Trinajstić information content (AvgIpc) is 3.15. The fraction of sp³-hybridized carbons (Fsp3) is 0.421. The maximum absolute atomic E-state index is 13.1. The lowest BCUT2D eigenvalue weighted by molar-refractivity contribution is -0.120. The van der Waals surface area contributed by atoms with Crippen molar-refractivity contribution in [1.29, 1.82) is 0 Å². The Morgan fingerprint density at radius 1 is 1.59 bits per heavy atom. The normalized spacial score (nSPS) is 17.8. The number of ether oxygens (including phenoxy) is 1. The average molecular weight is 408 g/mol. The molecule has 1 aliphatic heterocycles. The number of hydrogen-bond acceptors (Lipinski definition) is 5. The maximum Gasteiger partial charge on any atom is 0.262 e. The molecule has 1 amide bonds. The molecule has 2 aromatic rings. The zero-order chi connectivity index (χ0) is 19.4. The summed E-state index contributed by atoms with van der Waals surface area (Å²) in [4.78, 5) is 29.9. The number of fused-ring (bicyclic) bond motifs is 1. The maximum atomic E-state index is 13.1. The smallest absolute Gasteiger partial charge is 0.262 e. The standard InChI is InChI=1S/C19H22ClN3O3S/c1-3-8-21-17(24)12(2)27-19-22-16-10-13(20)6-7-15(16)18(25)23(19)11-14-5-4-9-26-14/h3,6-7,10,12,14H,1,4-5,8-9,11H2,2H3,(H,21,24)/t12-,14+/m0/s1. The Kier molecular flexibility index (Phi) is 6.57. The van der Waals surface area contributed by atoms with E-state index in [1.165, 1.54) is 11.8 Å². The third-order valence-electron chi connectivity index (χ3n) is 4.36. The van der Waals surface area contributed by atoms with Crippen molar-refractivity contribution >= 4 is 40.2 Å². The first-order valence-corrected chi connectivity index (χ1v) is 10.1. The van der Waals surface area contributed by atoms with Gasteiger partial charge < -0.3 is 10.1 Å². The lowest BCUT2D eigenvalue weighted by atomic mass is 10.2. The Bertz CT molecular complexity index is 909. The molecule has 0 spiro atoms. The zero-order valence-electron chi connectivity index (χ0n) is 15.1. The number of carbonyl (C=O) groups excluding carboxylic acids is 1. The highest BCUT2D eigenvalue weighted by atomic mass is 35.5. The highest BCUT2D eigenvalue weighted by Gasteiger charge is 2.23. The molecule has 0 bridgehead atoms. The van der Waals surface area contributed by atoms with Gasteiger partial charge in [-0.05, 0) is 38.0 Å². The van der Waals surface area contributed by atoms with Crippen LogP contribution in [0.2, 0.25) is 5.02 Å². The number of thioether (sulfide) groups is 1. The molecule has 1 aromatic heterocycles. The summed E-state index contributed by atoms with van der Waals surface area (Å²) < 4.78 is 7.31. The molecule has 3 rings (SSSR count). The highest BCUT2D eigenvalue weighted by molar-refractivity contribution is 8.00. The van der Waals surface area contributed by atoms with Crippen LogP contribution in [0.5, 0.6) is 0 Å². The third-order valence-corrected chi connectivity index (χ3v) is 5.69. The minimum atomic E-state index is -0.413. The number of hydrogen-bond donors (Lipinski definition) is 1. The Morgan fingerprint density at radius 2 is 2.41 bits per heavy atom. The SMILES string of the molecule is C=CCNC(=O)[C@H](C)Sc1nc2cc(Cl)ccc2c(=O)n1C[C@H]1CCCO1. The van der Waals surface area contributed by atoms with Crippen LogP contribution < -0.4 is 10.9 Å². The first-order chi connectivity index (χ1) is 13.0. The molecule has 6 nitrogen and oxygen atoms in total. The molecule has 2 heterocycles. The molecular formula is C19H22ClN3O3S. The van der Waals surface area contributed by atoms with Crippen molar-refractivity contribution in [2.45, 2.75) is 42.8 Å². The van der Waals surface area contributed by atoms with E-state index in [0.29, 0.717) is 40.8 Å². The van der Waals surface area contributed by atoms with Gasteiger partial charge in [-0.3, -0.25) is 14.2 Å². The first kappa shape index (κ1) is 19.9. The summed E-state index contributed by atoms with van der Waals surface area (Å²) in [5.41, 5.74) is 0.380. The summed E-state index contributed by atoms with van der Waals surface area (Å²) in [7, 11) is 0. The monoisotopic (exact) mass is 407 g/mol. The van der Waals surface area contributed by atoms with Crippen LogP contribution in [-0.4, -0.2) is 40.0 Å². The fourth-order valence-electron chi connectivity index (χ4n) is 2.94. The van der Waals surface area contributed by atoms with E-state index >= 15 is 0 Å². The van der Waals surface area contributed by atoms with Gasteiger partial charge >= 0.3 is 0 Å². The summed E-state index contributed by atoms with van der Waals surface area (Å²) in [5.74, 6) is -0.135. The molecular weight excluding hydrogens is 386 g/mol. The predicted octanol–water partition coefficient (Wildman–Crippen LogP) is 3.01. The molecule has 1 aromatic carbocycles. The summed E-state index contributed by atoms with van der Waals surface area (Å²) in [6.45, 7) is 6.91. The number of carbonyl (C=O) groups is 1. The van der Waals surface area contributed by atoms with Gasteiger partial charge in [-0.1, -0.05) is 29.4 Å². The predicted molar refractivity (Wildman–Crippen MR) is 109 cm³/mol. The first-order valence-electron chi connectivity index (χ1n) is 8.86. The lowest BCUT2D eigenvalue weighted by Gasteiger charge is -2.18. The lowest BCUT2D eigenvalue weighted by Crippen LogP contribution is -2.33. The number of nitrogens with zero attached hydrogens (tertiary/aromatic N) is 2. The van der Waals surface area contributed by atoms with Gasteiger partial charge in [0.15, 0.2) is 5.16 Å². The summed E-state index contributed by atoms with van der Waals surface area (Å²) >= 11 is 7.32. The van der Waals surface area contributed by atoms with Gasteiger partial charge in [-0.25, -0.2) is 4.98 Å². The van der Waals surface area contributed by atoms with Crippen molar-refractivity contribution in [3.8, 4) is 0 Å². The van der Waals surface area contributed by atoms with E-state index in [1.54, 1.807) is 35.8 Å². The number of halogens is 1. The van der Waals surface area contributed by atoms with Crippen molar-refractivity contribution in [3.63, 3.8) is 0 Å². The van der Waals surface area contributed by atoms with Crippen LogP contribution in [0, 0.1) is 0 Å². The zero-order valence-corrected chi connectivity index (χ0v) is 16.7. The topological polar surface area (TPSA) is 73.2 Å². The van der Waals surface area contributed by atoms with Gasteiger partial charge in [0.2, 0.25) is 5.91 Å². The Hall–Kier alpha value is -1.83. The van der Waals surface area contributed by atoms with Crippen LogP contribution in [0.15, 0.2) is 40.8 Å². The van der Waals surface area contributed by atoms with Crippen molar-refractivity contribution in [2.75, 3.05) is 13.2 Å². The summed E-state index contributed by atoms with van der Waals surface area (Å²) in [5, 5.41) is 3.86. The summed E-state index contributed by atoms with van der Waals surface area (Å²) in [6, 6.07) is 5.04. The molecule has 1 fully saturated rings. The minimum absolute atomic E-state index is 0.0153. The molecule has 27 heavy (non-hydrogen) atoms. The highest BCUT2D eigenvalue weighted by Crippen LogP contribution is 2.25. The van der Waals surface area contributed by atoms with Crippen molar-refractivity contribution in [1.82, 2.24) is 14.9 Å². The molecule has 2 atom stereocenters. The van der Waals surface area contributed by atoms with E-state index in [4.69, 9.17) is 16.3 Å². The van der Waals surface area contributed by atoms with Gasteiger partial charge in [0.1, 0.15) is 0 Å². The number of aromatic nitrogens is 2. The number of amides is 1. The van der Waals surface area contributed by atoms with Crippen molar-refractivity contribution < 1.29 is 9.53 Å². The number of benzene rings is 1. The van der Waals surface area contributed by atoms with E-state index in [1.807, 2.05) is 0 Å². The van der Waals surface area contributed by atoms with Gasteiger partial charge in [0.25, 0.3) is 5.56 Å². The second-order valence-electron chi connectivity index (χ2n) is 6.40. The molecule has 144 valence electrons. The van der Waals surface area contributed by atoms with Gasteiger partial charge in [-0.2, -0.15) is 0 Å². The van der Waals surface area contributed by atoms with E-state index in [0.717, 1.165) is 12.8 Å². The largest absolute Gasteiger partial charge is 0.376 e. The van der Waals surface area contributed by atoms with E-state index in [-0.39, 0.29) is 17.6 Å². The second kappa shape index (κ2) is 8.91. The van der Waals surface area contributed by atoms with Crippen LogP contribution >= 0.6 is 23.4 Å². The summed E-state index contributed by atoms with van der Waals surface area (Å²) in [6.07, 6.45) is 3.50. The van der Waals surface area contributed by atoms with Gasteiger partial charge in [-0.15, -0.1) is 6.58 Å². The van der Waals surface area contributed by atoms with Crippen LogP contribution in [0.25, 0.3) is 10.9 Å². The van der Waals surface area contributed by atoms with Crippen LogP contribution in [0.3, 0.4) is 0 Å². The molecule has 0 radical (unpaired) electrons. The van der Waals surface area contributed by atoms with Crippen molar-refractivity contribution in [2.24, 2.45) is 0 Å². The van der Waals surface area contributed by atoms with Crippen LogP contribution in [0.1, 0.15) is 19.8 Å². The van der Waals surface area contributed by atoms with Gasteiger partial charge in [0, 0.05) is 18.2 Å². The van der Waals surface area contributed by atoms with Gasteiger partial charge in [0.05, 0.1) is 28.8 Å². The molecule has 0 saturated carbocycles. The number of nitrogens with one attached hydrogen (secondary N) is 1. The molecule has 1 saturated heterocycles. The molecule has 8 heteroatoms. The Labute approximate surface area is 166 Å². The minimum Gasteiger partial charge on any atom is -0.376 e. The Morgan fingerprint density at radius 3 is 3.11 bits per heavy atom. The van der Waals surface area contributed by atoms with E-state index in [2.05, 4.69) is 16.9 Å². The third kappa shape index (κ3) is 4.72. The Balaban J connectivity index is 1.98. The molecule has 0 unspecified atom stereocenters. The number of rotatable bonds is 7. The van der Waals surface area contributed by atoms with E-state index < -0.39 is 5.25 Å². The van der Waals surface area contributed by atoms with Crippen LogP contribution in [0.4, 0.5) is 0 Å². The molecule has 0 aliphatic carbocycles. The molecule has 1 aliphatic rings. The fourth-order valence-corrected chi connectivity index (χ4v) is 4.05. The molecule has 1 N–H and O–H groups in total. The second-order valence-corrected chi connectivity index (χ2v) is 8.14. The van der Waals surface area contributed by atoms with E-state index in [9.17, 15) is 9.59 Å². The quantitative estimate of drug-likeness (QED) is 0.434. The van der Waals surface area contributed by atoms with Crippen LogP contribution in [-0.2, 0) is 16.1 Å². The van der Waals surface area contributed by atoms with Crippen molar-refractivity contribution in [3.05, 3.63) is 46.2 Å².